The van der Waals surface area contributed by atoms with Crippen LogP contribution in [0.5, 0.6) is 5.75 Å². The van der Waals surface area contributed by atoms with Gasteiger partial charge in [-0.1, -0.05) is 35.6 Å². The van der Waals surface area contributed by atoms with Crippen molar-refractivity contribution < 1.29 is 23.0 Å². The molecule has 8 nitrogen and oxygen atoms in total. The van der Waals surface area contributed by atoms with Crippen molar-refractivity contribution in [2.24, 2.45) is 0 Å². The van der Waals surface area contributed by atoms with E-state index in [0.717, 1.165) is 10.7 Å². The molecule has 1 N–H and O–H groups in total. The van der Waals surface area contributed by atoms with Gasteiger partial charge in [-0.15, -0.1) is 5.10 Å². The van der Waals surface area contributed by atoms with Gasteiger partial charge in [0.1, 0.15) is 29.9 Å². The lowest BCUT2D eigenvalue weighted by Crippen LogP contribution is -2.49. The standard InChI is InChI=1S/C31H18ClF3N6O2/c32-23-8-11-26-25(14-23)29-38-39-40-41(29)18-30(26,42)31(34,35)28-12-6-20(16-37-28)2-1-19-4-9-24(10-5-19)43-17-21-3-7-22(15-36)27(33)13-21/h3-14,16,42H,17-18H2. The first kappa shape index (κ1) is 27.9. The van der Waals surface area contributed by atoms with Gasteiger partial charge >= 0.3 is 5.92 Å². The van der Waals surface area contributed by atoms with Crippen LogP contribution in [0, 0.1) is 29.0 Å². The number of ether oxygens (including phenoxy) is 1. The number of nitrogens with zero attached hydrogens (tertiary/aromatic N) is 6. The Morgan fingerprint density at radius 2 is 1.79 bits per heavy atom. The molecule has 1 unspecified atom stereocenters. The molecule has 5 aromatic rings. The molecule has 1 aliphatic rings. The fourth-order valence-corrected chi connectivity index (χ4v) is 4.86. The van der Waals surface area contributed by atoms with Gasteiger partial charge in [0.25, 0.3) is 0 Å². The van der Waals surface area contributed by atoms with Crippen LogP contribution in [0.1, 0.15) is 33.5 Å². The van der Waals surface area contributed by atoms with Crippen LogP contribution in [0.3, 0.4) is 0 Å². The molecule has 212 valence electrons. The summed E-state index contributed by atoms with van der Waals surface area (Å²) in [5.74, 6) is 2.13. The average Bonchev–Trinajstić information content (AvgIpc) is 3.48. The van der Waals surface area contributed by atoms with Gasteiger partial charge in [-0.05, 0) is 76.7 Å². The maximum Gasteiger partial charge on any atom is 0.323 e. The Labute approximate surface area is 248 Å². The quantitative estimate of drug-likeness (QED) is 0.271. The van der Waals surface area contributed by atoms with Crippen LogP contribution in [0.25, 0.3) is 11.4 Å². The molecule has 0 saturated heterocycles. The SMILES string of the molecule is N#Cc1ccc(COc2ccc(C#Cc3ccc(C(F)(F)C4(O)Cn5nnnc5-c5cc(Cl)ccc54)nc3)cc2)cc1F. The fraction of sp³-hybridized carbons (Fsp3) is 0.129. The maximum atomic E-state index is 15.9. The molecule has 0 saturated carbocycles. The number of hydrogen-bond acceptors (Lipinski definition) is 7. The lowest BCUT2D eigenvalue weighted by Gasteiger charge is -2.39. The molecule has 0 aliphatic carbocycles. The molecule has 0 amide bonds. The highest BCUT2D eigenvalue weighted by Gasteiger charge is 2.59. The predicted octanol–water partition coefficient (Wildman–Crippen LogP) is 5.37. The van der Waals surface area contributed by atoms with Crippen molar-refractivity contribution in [3.8, 4) is 35.0 Å². The smallest absolute Gasteiger partial charge is 0.323 e. The fourth-order valence-electron chi connectivity index (χ4n) is 4.69. The van der Waals surface area contributed by atoms with Crippen molar-refractivity contribution in [1.82, 2.24) is 25.2 Å². The maximum absolute atomic E-state index is 15.9. The molecule has 1 aliphatic heterocycles. The minimum Gasteiger partial charge on any atom is -0.489 e. The second-order valence-corrected chi connectivity index (χ2v) is 10.1. The number of fused-ring (bicyclic) bond motifs is 3. The number of aliphatic hydroxyl groups is 1. The van der Waals surface area contributed by atoms with Crippen LogP contribution in [0.4, 0.5) is 13.2 Å². The van der Waals surface area contributed by atoms with Crippen molar-refractivity contribution in [2.45, 2.75) is 24.7 Å². The van der Waals surface area contributed by atoms with Gasteiger partial charge in [0.2, 0.25) is 0 Å². The summed E-state index contributed by atoms with van der Waals surface area (Å²) in [5, 5.41) is 31.7. The van der Waals surface area contributed by atoms with Gasteiger partial charge in [-0.25, -0.2) is 9.07 Å². The number of alkyl halides is 2. The Balaban J connectivity index is 1.16. The number of tetrazole rings is 1. The summed E-state index contributed by atoms with van der Waals surface area (Å²) in [6.07, 6.45) is 1.21. The lowest BCUT2D eigenvalue weighted by molar-refractivity contribution is -0.207. The van der Waals surface area contributed by atoms with Crippen LogP contribution in [0.15, 0.2) is 79.0 Å². The molecule has 0 spiro atoms. The number of pyridine rings is 1. The van der Waals surface area contributed by atoms with Crippen molar-refractivity contribution in [2.75, 3.05) is 0 Å². The zero-order valence-electron chi connectivity index (χ0n) is 22.0. The van der Waals surface area contributed by atoms with E-state index in [0.29, 0.717) is 22.4 Å². The number of aromatic nitrogens is 5. The van der Waals surface area contributed by atoms with Crippen molar-refractivity contribution in [3.63, 3.8) is 0 Å². The van der Waals surface area contributed by atoms with E-state index in [4.69, 9.17) is 21.6 Å². The van der Waals surface area contributed by atoms with Gasteiger partial charge in [-0.3, -0.25) is 4.98 Å². The molecule has 6 rings (SSSR count). The molecular weight excluding hydrogens is 581 g/mol. The van der Waals surface area contributed by atoms with Crippen LogP contribution >= 0.6 is 11.6 Å². The van der Waals surface area contributed by atoms with E-state index in [-0.39, 0.29) is 34.1 Å². The second kappa shape index (κ2) is 10.9. The summed E-state index contributed by atoms with van der Waals surface area (Å²) in [4.78, 5) is 3.94. The van der Waals surface area contributed by atoms with Gasteiger partial charge < -0.3 is 9.84 Å². The highest BCUT2D eigenvalue weighted by Crippen LogP contribution is 2.50. The van der Waals surface area contributed by atoms with E-state index in [1.807, 2.05) is 0 Å². The monoisotopic (exact) mass is 598 g/mol. The molecule has 0 fully saturated rings. The molecule has 43 heavy (non-hydrogen) atoms. The number of hydrogen-bond donors (Lipinski definition) is 1. The third-order valence-corrected chi connectivity index (χ3v) is 7.18. The van der Waals surface area contributed by atoms with Crippen LogP contribution in [-0.4, -0.2) is 30.3 Å². The average molecular weight is 599 g/mol. The summed E-state index contributed by atoms with van der Waals surface area (Å²) in [7, 11) is 0. The van der Waals surface area contributed by atoms with Crippen LogP contribution in [0.2, 0.25) is 5.02 Å². The normalized spacial score (nSPS) is 15.4. The first-order valence-corrected chi connectivity index (χ1v) is 13.1. The summed E-state index contributed by atoms with van der Waals surface area (Å²) < 4.78 is 52.4. The highest BCUT2D eigenvalue weighted by molar-refractivity contribution is 6.30. The molecule has 0 radical (unpaired) electrons. The number of nitriles is 1. The van der Waals surface area contributed by atoms with Crippen LogP contribution < -0.4 is 4.74 Å². The summed E-state index contributed by atoms with van der Waals surface area (Å²) in [6, 6.07) is 19.6. The number of benzene rings is 3. The van der Waals surface area contributed by atoms with Crippen molar-refractivity contribution in [1.29, 1.82) is 5.26 Å². The molecule has 0 bridgehead atoms. The number of rotatable bonds is 5. The van der Waals surface area contributed by atoms with Gasteiger partial charge in [-0.2, -0.15) is 14.0 Å². The summed E-state index contributed by atoms with van der Waals surface area (Å²) in [5.41, 5.74) is -1.66. The number of halogens is 4. The Hall–Kier alpha value is -5.23. The predicted molar refractivity (Wildman–Crippen MR) is 148 cm³/mol. The van der Waals surface area contributed by atoms with E-state index >= 15 is 8.78 Å². The minimum absolute atomic E-state index is 0.0349. The van der Waals surface area contributed by atoms with E-state index in [1.54, 1.807) is 36.4 Å². The van der Waals surface area contributed by atoms with E-state index < -0.39 is 29.6 Å². The summed E-state index contributed by atoms with van der Waals surface area (Å²) >= 11 is 6.09. The lowest BCUT2D eigenvalue weighted by atomic mass is 9.80. The van der Waals surface area contributed by atoms with Gasteiger partial charge in [0, 0.05) is 33.5 Å². The van der Waals surface area contributed by atoms with E-state index in [2.05, 4.69) is 32.4 Å². The Bertz CT molecular complexity index is 1950. The molecular formula is C31H18ClF3N6O2. The largest absolute Gasteiger partial charge is 0.489 e. The second-order valence-electron chi connectivity index (χ2n) is 9.71. The Kier molecular flexibility index (Phi) is 7.06. The Morgan fingerprint density at radius 1 is 1.02 bits per heavy atom. The highest BCUT2D eigenvalue weighted by atomic mass is 35.5. The minimum atomic E-state index is -3.83. The summed E-state index contributed by atoms with van der Waals surface area (Å²) in [6.45, 7) is -0.480. The first-order valence-electron chi connectivity index (χ1n) is 12.7. The molecule has 2 aromatic heterocycles. The molecule has 3 aromatic carbocycles. The zero-order valence-corrected chi connectivity index (χ0v) is 22.7. The van der Waals surface area contributed by atoms with Gasteiger partial charge in [0.05, 0.1) is 12.1 Å². The van der Waals surface area contributed by atoms with Gasteiger partial charge in [0.15, 0.2) is 11.4 Å². The molecule has 1 atom stereocenters. The third-order valence-electron chi connectivity index (χ3n) is 6.95. The van der Waals surface area contributed by atoms with E-state index in [9.17, 15) is 9.50 Å². The van der Waals surface area contributed by atoms with E-state index in [1.165, 1.54) is 42.6 Å². The molecule has 12 heteroatoms. The zero-order chi connectivity index (χ0) is 30.2. The van der Waals surface area contributed by atoms with Crippen LogP contribution in [-0.2, 0) is 24.7 Å². The third kappa shape index (κ3) is 5.17. The molecule has 3 heterocycles. The Morgan fingerprint density at radius 3 is 2.51 bits per heavy atom. The first-order chi connectivity index (χ1) is 20.7. The topological polar surface area (TPSA) is 110 Å². The van der Waals surface area contributed by atoms with Crippen molar-refractivity contribution >= 4 is 11.6 Å². The van der Waals surface area contributed by atoms with Crippen molar-refractivity contribution in [3.05, 3.63) is 123 Å².